The molecule has 0 aliphatic rings. The van der Waals surface area contributed by atoms with Crippen molar-refractivity contribution in [2.75, 3.05) is 0 Å². The number of non-ortho nitro benzene ring substituents is 1. The van der Waals surface area contributed by atoms with Gasteiger partial charge in [-0.05, 0) is 29.3 Å². The number of rotatable bonds is 5. The fraction of sp³-hybridized carbons (Fsp3) is 0. The Morgan fingerprint density at radius 3 is 2.24 bits per heavy atom. The first-order valence-corrected chi connectivity index (χ1v) is 8.85. The van der Waals surface area contributed by atoms with Crippen LogP contribution in [-0.2, 0) is 10.2 Å². The van der Waals surface area contributed by atoms with Crippen molar-refractivity contribution >= 4 is 51.3 Å². The molecule has 130 valence electrons. The van der Waals surface area contributed by atoms with Crippen molar-refractivity contribution in [1.82, 2.24) is 0 Å². The summed E-state index contributed by atoms with van der Waals surface area (Å²) in [5.41, 5.74) is 1.06. The Kier molecular flexibility index (Phi) is 5.94. The summed E-state index contributed by atoms with van der Waals surface area (Å²) in [4.78, 5) is 9.52. The predicted molar refractivity (Wildman–Crippen MR) is 95.9 cm³/mol. The van der Waals surface area contributed by atoms with E-state index in [2.05, 4.69) is 0 Å². The summed E-state index contributed by atoms with van der Waals surface area (Å²) in [7, 11) is -4.86. The number of nitro groups is 1. The van der Waals surface area contributed by atoms with Gasteiger partial charge in [-0.25, -0.2) is 0 Å². The lowest BCUT2D eigenvalue weighted by Gasteiger charge is -2.00. The molecule has 9 heteroatoms. The molecular formula is C16H10Cl2FNO4S. The van der Waals surface area contributed by atoms with Gasteiger partial charge in [-0.3, -0.25) is 10.1 Å². The Morgan fingerprint density at radius 2 is 1.68 bits per heavy atom. The zero-order chi connectivity index (χ0) is 18.6. The third-order valence-corrected chi connectivity index (χ3v) is 4.72. The van der Waals surface area contributed by atoms with Crippen molar-refractivity contribution in [2.45, 2.75) is 4.90 Å². The number of benzene rings is 2. The highest BCUT2D eigenvalue weighted by atomic mass is 35.5. The van der Waals surface area contributed by atoms with Crippen LogP contribution in [0.5, 0.6) is 0 Å². The fourth-order valence-corrected chi connectivity index (χ4v) is 3.13. The van der Waals surface area contributed by atoms with Gasteiger partial charge in [0, 0.05) is 12.1 Å². The van der Waals surface area contributed by atoms with E-state index in [9.17, 15) is 22.4 Å². The molecule has 0 unspecified atom stereocenters. The molecule has 0 radical (unpaired) electrons. The molecule has 0 spiro atoms. The molecule has 2 aromatic carbocycles. The van der Waals surface area contributed by atoms with E-state index in [1.54, 1.807) is 24.3 Å². The van der Waals surface area contributed by atoms with Gasteiger partial charge in [-0.1, -0.05) is 53.6 Å². The van der Waals surface area contributed by atoms with Crippen LogP contribution in [0.15, 0.2) is 53.4 Å². The number of halogens is 3. The van der Waals surface area contributed by atoms with Crippen LogP contribution in [-0.4, -0.2) is 13.3 Å². The summed E-state index contributed by atoms with van der Waals surface area (Å²) in [6.45, 7) is 0. The highest BCUT2D eigenvalue weighted by Crippen LogP contribution is 2.25. The minimum absolute atomic E-state index is 0.102. The van der Waals surface area contributed by atoms with E-state index >= 15 is 0 Å². The number of nitrogens with zero attached hydrogens (tertiary/aromatic N) is 1. The van der Waals surface area contributed by atoms with Crippen molar-refractivity contribution < 1.29 is 17.2 Å². The maximum Gasteiger partial charge on any atom is 0.333 e. The monoisotopic (exact) mass is 401 g/mol. The molecule has 5 nitrogen and oxygen atoms in total. The van der Waals surface area contributed by atoms with Crippen molar-refractivity contribution in [1.29, 1.82) is 0 Å². The van der Waals surface area contributed by atoms with Crippen LogP contribution in [0.25, 0.3) is 12.2 Å². The van der Waals surface area contributed by atoms with Gasteiger partial charge in [0.1, 0.15) is 4.90 Å². The molecule has 2 aromatic rings. The van der Waals surface area contributed by atoms with Crippen LogP contribution in [0.4, 0.5) is 9.57 Å². The smallest absolute Gasteiger partial charge is 0.258 e. The molecule has 0 bridgehead atoms. The van der Waals surface area contributed by atoms with E-state index in [-0.39, 0.29) is 15.7 Å². The Labute approximate surface area is 153 Å². The van der Waals surface area contributed by atoms with Gasteiger partial charge in [0.15, 0.2) is 0 Å². The highest BCUT2D eigenvalue weighted by Gasteiger charge is 2.15. The molecule has 0 N–H and O–H groups in total. The summed E-state index contributed by atoms with van der Waals surface area (Å²) < 4.78 is 34.6. The second-order valence-electron chi connectivity index (χ2n) is 4.81. The zero-order valence-corrected chi connectivity index (χ0v) is 14.7. The van der Waals surface area contributed by atoms with Crippen LogP contribution in [0.1, 0.15) is 11.1 Å². The first-order chi connectivity index (χ1) is 11.7. The van der Waals surface area contributed by atoms with Crippen LogP contribution >= 0.6 is 23.2 Å². The lowest BCUT2D eigenvalue weighted by atomic mass is 10.1. The van der Waals surface area contributed by atoms with Crippen molar-refractivity contribution in [2.24, 2.45) is 0 Å². The Bertz CT molecular complexity index is 988. The lowest BCUT2D eigenvalue weighted by molar-refractivity contribution is -0.384. The lowest BCUT2D eigenvalue weighted by Crippen LogP contribution is -1.93. The predicted octanol–water partition coefficient (Wildman–Crippen LogP) is 5.29. The maximum absolute atomic E-state index is 12.9. The standard InChI is InChI=1S/C16H10Cl2FNO4S/c17-14-10-13(20(21)22)7-6-12(14)4-2-1-3-11-5-8-16(15(18)9-11)25(19,23)24/h1-10H. The summed E-state index contributed by atoms with van der Waals surface area (Å²) in [6.07, 6.45) is 6.54. The van der Waals surface area contributed by atoms with Crippen LogP contribution < -0.4 is 0 Å². The molecular weight excluding hydrogens is 392 g/mol. The first-order valence-electron chi connectivity index (χ1n) is 6.71. The van der Waals surface area contributed by atoms with Crippen LogP contribution in [0.3, 0.4) is 0 Å². The molecule has 0 saturated heterocycles. The number of hydrogen-bond acceptors (Lipinski definition) is 4. The second kappa shape index (κ2) is 7.77. The molecule has 0 saturated carbocycles. The van der Waals surface area contributed by atoms with Crippen LogP contribution in [0, 0.1) is 10.1 Å². The Hall–Kier alpha value is -2.22. The number of hydrogen-bond donors (Lipinski definition) is 0. The van der Waals surface area contributed by atoms with E-state index in [1.165, 1.54) is 30.3 Å². The summed E-state index contributed by atoms with van der Waals surface area (Å²) in [5, 5.41) is 10.7. The van der Waals surface area contributed by atoms with Crippen LogP contribution in [0.2, 0.25) is 10.0 Å². The van der Waals surface area contributed by atoms with E-state index in [1.807, 2.05) is 0 Å². The van der Waals surface area contributed by atoms with E-state index < -0.39 is 20.0 Å². The zero-order valence-electron chi connectivity index (χ0n) is 12.4. The average molecular weight is 402 g/mol. The van der Waals surface area contributed by atoms with E-state index in [0.717, 1.165) is 6.07 Å². The molecule has 0 aliphatic heterocycles. The Morgan fingerprint density at radius 1 is 1.00 bits per heavy atom. The molecule has 0 heterocycles. The molecule has 25 heavy (non-hydrogen) atoms. The molecule has 0 atom stereocenters. The van der Waals surface area contributed by atoms with Gasteiger partial charge in [-0.15, -0.1) is 3.89 Å². The average Bonchev–Trinajstić information content (AvgIpc) is 2.51. The van der Waals surface area contributed by atoms with Crippen molar-refractivity contribution in [3.63, 3.8) is 0 Å². The van der Waals surface area contributed by atoms with Crippen molar-refractivity contribution in [3.8, 4) is 0 Å². The minimum atomic E-state index is -4.86. The quantitative estimate of drug-likeness (QED) is 0.295. The molecule has 0 aromatic heterocycles. The van der Waals surface area contributed by atoms with E-state index in [4.69, 9.17) is 23.2 Å². The third-order valence-electron chi connectivity index (χ3n) is 3.09. The number of nitro benzene ring substituents is 1. The van der Waals surface area contributed by atoms with Gasteiger partial charge in [0.25, 0.3) is 5.69 Å². The van der Waals surface area contributed by atoms with Crippen molar-refractivity contribution in [3.05, 3.63) is 79.8 Å². The summed E-state index contributed by atoms with van der Waals surface area (Å²) >= 11 is 11.7. The minimum Gasteiger partial charge on any atom is -0.258 e. The van der Waals surface area contributed by atoms with Gasteiger partial charge in [-0.2, -0.15) is 8.42 Å². The van der Waals surface area contributed by atoms with Gasteiger partial charge >= 0.3 is 10.2 Å². The third kappa shape index (κ3) is 5.12. The largest absolute Gasteiger partial charge is 0.333 e. The normalized spacial score (nSPS) is 12.1. The second-order valence-corrected chi connectivity index (χ2v) is 6.94. The maximum atomic E-state index is 12.9. The molecule has 0 aliphatic carbocycles. The highest BCUT2D eigenvalue weighted by molar-refractivity contribution is 7.86. The topological polar surface area (TPSA) is 77.3 Å². The van der Waals surface area contributed by atoms with E-state index in [0.29, 0.717) is 11.1 Å². The van der Waals surface area contributed by atoms with Gasteiger partial charge < -0.3 is 0 Å². The SMILES string of the molecule is O=[N+]([O-])c1ccc(C=CC=Cc2ccc(S(=O)(=O)F)c(Cl)c2)c(Cl)c1. The molecule has 0 amide bonds. The molecule has 0 fully saturated rings. The van der Waals surface area contributed by atoms with Gasteiger partial charge in [0.2, 0.25) is 0 Å². The summed E-state index contributed by atoms with van der Waals surface area (Å²) in [6, 6.07) is 7.90. The van der Waals surface area contributed by atoms with Gasteiger partial charge in [0.05, 0.1) is 15.0 Å². The first kappa shape index (κ1) is 19.1. The Balaban J connectivity index is 2.14. The molecule has 2 rings (SSSR count). The number of allylic oxidation sites excluding steroid dienone is 2. The fourth-order valence-electron chi connectivity index (χ4n) is 1.91. The summed E-state index contributed by atoms with van der Waals surface area (Å²) in [5.74, 6) is 0.